The number of halogens is 1. The Balaban J connectivity index is 1.90. The molecule has 2 rings (SSSR count). The number of anilines is 2. The highest BCUT2D eigenvalue weighted by atomic mass is 19.1. The molecule has 0 saturated carbocycles. The molecular weight excluding hydrogens is 299 g/mol. The van der Waals surface area contributed by atoms with Gasteiger partial charge >= 0.3 is 6.09 Å². The number of nitrogens with zero attached hydrogens (tertiary/aromatic N) is 2. The number of hydrogen-bond acceptors (Lipinski definition) is 5. The highest BCUT2D eigenvalue weighted by Crippen LogP contribution is 2.12. The third-order valence-corrected chi connectivity index (χ3v) is 2.71. The molecule has 0 aliphatic heterocycles. The molecule has 2 N–H and O–H groups in total. The van der Waals surface area contributed by atoms with Crippen molar-refractivity contribution >= 4 is 17.7 Å². The molecule has 0 fully saturated rings. The second-order valence-corrected chi connectivity index (χ2v) is 5.88. The van der Waals surface area contributed by atoms with Gasteiger partial charge in [-0.25, -0.2) is 9.18 Å². The summed E-state index contributed by atoms with van der Waals surface area (Å²) in [5, 5.41) is 13.2. The summed E-state index contributed by atoms with van der Waals surface area (Å²) in [7, 11) is 0. The predicted octanol–water partition coefficient (Wildman–Crippen LogP) is 3.57. The topological polar surface area (TPSA) is 76.1 Å². The maximum Gasteiger partial charge on any atom is 0.413 e. The van der Waals surface area contributed by atoms with Gasteiger partial charge in [-0.15, -0.1) is 10.2 Å². The Labute approximate surface area is 134 Å². The number of aromatic nitrogens is 2. The summed E-state index contributed by atoms with van der Waals surface area (Å²) in [6.45, 7) is 5.61. The summed E-state index contributed by atoms with van der Waals surface area (Å²) in [4.78, 5) is 11.6. The standard InChI is InChI=1S/C16H19FN4O2/c1-16(2,3)23-15(22)19-14-9-8-13(20-21-14)18-10-11-6-4-5-7-12(11)17/h4-9H,10H2,1-3H3,(H,18,20)(H,19,21,22). The van der Waals surface area contributed by atoms with E-state index in [1.54, 1.807) is 51.1 Å². The Kier molecular flexibility index (Phi) is 5.10. The number of hydrogen-bond donors (Lipinski definition) is 2. The van der Waals surface area contributed by atoms with Gasteiger partial charge in [0.25, 0.3) is 0 Å². The Morgan fingerprint density at radius 3 is 2.39 bits per heavy atom. The predicted molar refractivity (Wildman–Crippen MR) is 85.6 cm³/mol. The van der Waals surface area contributed by atoms with Crippen molar-refractivity contribution < 1.29 is 13.9 Å². The second-order valence-electron chi connectivity index (χ2n) is 5.88. The molecule has 1 amide bonds. The van der Waals surface area contributed by atoms with E-state index in [0.29, 0.717) is 17.9 Å². The maximum atomic E-state index is 13.5. The van der Waals surface area contributed by atoms with Crippen molar-refractivity contribution in [1.82, 2.24) is 10.2 Å². The van der Waals surface area contributed by atoms with Crippen molar-refractivity contribution in [3.63, 3.8) is 0 Å². The first kappa shape index (κ1) is 16.7. The first-order valence-electron chi connectivity index (χ1n) is 7.14. The Morgan fingerprint density at radius 2 is 1.78 bits per heavy atom. The van der Waals surface area contributed by atoms with Crippen molar-refractivity contribution in [2.24, 2.45) is 0 Å². The molecule has 0 aliphatic carbocycles. The first-order valence-corrected chi connectivity index (χ1v) is 7.14. The van der Waals surface area contributed by atoms with E-state index in [1.807, 2.05) is 0 Å². The van der Waals surface area contributed by atoms with Crippen molar-refractivity contribution in [3.05, 3.63) is 47.8 Å². The molecule has 0 aliphatic rings. The van der Waals surface area contributed by atoms with Crippen LogP contribution in [-0.2, 0) is 11.3 Å². The number of nitrogens with one attached hydrogen (secondary N) is 2. The Bertz CT molecular complexity index is 669. The normalized spacial score (nSPS) is 11.0. The molecule has 1 aromatic heterocycles. The highest BCUT2D eigenvalue weighted by molar-refractivity contribution is 5.83. The molecule has 23 heavy (non-hydrogen) atoms. The zero-order valence-corrected chi connectivity index (χ0v) is 13.3. The molecule has 7 heteroatoms. The highest BCUT2D eigenvalue weighted by Gasteiger charge is 2.16. The number of carbonyl (C=O) groups is 1. The molecular formula is C16H19FN4O2. The van der Waals surface area contributed by atoms with Crippen LogP contribution in [0.5, 0.6) is 0 Å². The van der Waals surface area contributed by atoms with Crippen LogP contribution in [0.25, 0.3) is 0 Å². The van der Waals surface area contributed by atoms with Crippen LogP contribution < -0.4 is 10.6 Å². The molecule has 0 bridgehead atoms. The van der Waals surface area contributed by atoms with Crippen LogP contribution >= 0.6 is 0 Å². The minimum Gasteiger partial charge on any atom is -0.444 e. The van der Waals surface area contributed by atoms with E-state index in [4.69, 9.17) is 4.74 Å². The number of rotatable bonds is 4. The summed E-state index contributed by atoms with van der Waals surface area (Å²) < 4.78 is 18.6. The first-order chi connectivity index (χ1) is 10.8. The summed E-state index contributed by atoms with van der Waals surface area (Å²) >= 11 is 0. The number of carbonyl (C=O) groups excluding carboxylic acids is 1. The van der Waals surface area contributed by atoms with E-state index in [-0.39, 0.29) is 11.6 Å². The molecule has 1 heterocycles. The van der Waals surface area contributed by atoms with Gasteiger partial charge in [-0.05, 0) is 39.0 Å². The third kappa shape index (κ3) is 5.54. The van der Waals surface area contributed by atoms with Crippen LogP contribution in [0.2, 0.25) is 0 Å². The van der Waals surface area contributed by atoms with E-state index >= 15 is 0 Å². The molecule has 0 unspecified atom stereocenters. The van der Waals surface area contributed by atoms with E-state index in [9.17, 15) is 9.18 Å². The molecule has 1 aromatic carbocycles. The van der Waals surface area contributed by atoms with Crippen LogP contribution in [0, 0.1) is 5.82 Å². The van der Waals surface area contributed by atoms with E-state index < -0.39 is 11.7 Å². The summed E-state index contributed by atoms with van der Waals surface area (Å²) in [6.07, 6.45) is -0.598. The van der Waals surface area contributed by atoms with Gasteiger partial charge in [-0.1, -0.05) is 18.2 Å². The van der Waals surface area contributed by atoms with Crippen molar-refractivity contribution in [2.45, 2.75) is 32.9 Å². The Morgan fingerprint density at radius 1 is 1.13 bits per heavy atom. The SMILES string of the molecule is CC(C)(C)OC(=O)Nc1ccc(NCc2ccccc2F)nn1. The fraction of sp³-hybridized carbons (Fsp3) is 0.312. The minimum absolute atomic E-state index is 0.274. The fourth-order valence-corrected chi connectivity index (χ4v) is 1.73. The number of amides is 1. The molecule has 6 nitrogen and oxygen atoms in total. The van der Waals surface area contributed by atoms with Crippen molar-refractivity contribution in [3.8, 4) is 0 Å². The smallest absolute Gasteiger partial charge is 0.413 e. The van der Waals surface area contributed by atoms with Crippen LogP contribution in [-0.4, -0.2) is 21.9 Å². The van der Waals surface area contributed by atoms with Gasteiger partial charge < -0.3 is 10.1 Å². The molecule has 122 valence electrons. The van der Waals surface area contributed by atoms with Gasteiger partial charge in [0.1, 0.15) is 17.2 Å². The van der Waals surface area contributed by atoms with Crippen molar-refractivity contribution in [2.75, 3.05) is 10.6 Å². The van der Waals surface area contributed by atoms with E-state index in [1.165, 1.54) is 6.07 Å². The quantitative estimate of drug-likeness (QED) is 0.901. The van der Waals surface area contributed by atoms with Crippen molar-refractivity contribution in [1.29, 1.82) is 0 Å². The van der Waals surface area contributed by atoms with Gasteiger partial charge in [0, 0.05) is 12.1 Å². The third-order valence-electron chi connectivity index (χ3n) is 2.71. The molecule has 0 atom stereocenters. The van der Waals surface area contributed by atoms with Crippen LogP contribution in [0.1, 0.15) is 26.3 Å². The van der Waals surface area contributed by atoms with Gasteiger partial charge in [-0.2, -0.15) is 0 Å². The second kappa shape index (κ2) is 7.04. The largest absolute Gasteiger partial charge is 0.444 e. The lowest BCUT2D eigenvalue weighted by molar-refractivity contribution is 0.0635. The summed E-state index contributed by atoms with van der Waals surface area (Å²) in [6, 6.07) is 9.71. The maximum absolute atomic E-state index is 13.5. The zero-order chi connectivity index (χ0) is 16.9. The van der Waals surface area contributed by atoms with Crippen LogP contribution in [0.4, 0.5) is 20.8 Å². The lowest BCUT2D eigenvalue weighted by Gasteiger charge is -2.19. The molecule has 0 spiro atoms. The lowest BCUT2D eigenvalue weighted by atomic mass is 10.2. The van der Waals surface area contributed by atoms with Gasteiger partial charge in [0.2, 0.25) is 0 Å². The van der Waals surface area contributed by atoms with Gasteiger partial charge in [0.15, 0.2) is 5.82 Å². The average Bonchev–Trinajstić information content (AvgIpc) is 2.46. The summed E-state index contributed by atoms with van der Waals surface area (Å²) in [5.74, 6) is 0.467. The van der Waals surface area contributed by atoms with Crippen LogP contribution in [0.15, 0.2) is 36.4 Å². The summed E-state index contributed by atoms with van der Waals surface area (Å²) in [5.41, 5.74) is -0.0519. The minimum atomic E-state index is -0.598. The zero-order valence-electron chi connectivity index (χ0n) is 13.3. The Hall–Kier alpha value is -2.70. The van der Waals surface area contributed by atoms with Gasteiger partial charge in [-0.3, -0.25) is 5.32 Å². The van der Waals surface area contributed by atoms with Crippen LogP contribution in [0.3, 0.4) is 0 Å². The lowest BCUT2D eigenvalue weighted by Crippen LogP contribution is -2.27. The average molecular weight is 318 g/mol. The molecule has 0 saturated heterocycles. The molecule has 2 aromatic rings. The van der Waals surface area contributed by atoms with Gasteiger partial charge in [0.05, 0.1) is 0 Å². The number of ether oxygens (including phenoxy) is 1. The fourth-order valence-electron chi connectivity index (χ4n) is 1.73. The monoisotopic (exact) mass is 318 g/mol. The number of benzene rings is 1. The van der Waals surface area contributed by atoms with E-state index in [2.05, 4.69) is 20.8 Å². The van der Waals surface area contributed by atoms with E-state index in [0.717, 1.165) is 0 Å². The molecule has 0 radical (unpaired) electrons.